The lowest BCUT2D eigenvalue weighted by molar-refractivity contribution is 0.0955. The van der Waals surface area contributed by atoms with Gasteiger partial charge in [0.05, 0.1) is 6.54 Å². The predicted molar refractivity (Wildman–Crippen MR) is 123 cm³/mol. The number of hydrogen-bond acceptors (Lipinski definition) is 4. The minimum Gasteiger partial charge on any atom is -0.508 e. The first-order chi connectivity index (χ1) is 13.5. The average Bonchev–Trinajstić information content (AvgIpc) is 2.72. The summed E-state index contributed by atoms with van der Waals surface area (Å²) in [5.74, 6) is 0.115. The van der Waals surface area contributed by atoms with Crippen molar-refractivity contribution in [3.05, 3.63) is 59.9 Å². The zero-order valence-corrected chi connectivity index (χ0v) is 18.3. The molecule has 1 heterocycles. The summed E-state index contributed by atoms with van der Waals surface area (Å²) < 4.78 is 13.0. The first-order valence-electron chi connectivity index (χ1n) is 9.15. The van der Waals surface area contributed by atoms with Crippen molar-refractivity contribution in [2.24, 2.45) is 10.7 Å². The van der Waals surface area contributed by atoms with Crippen molar-refractivity contribution in [2.75, 3.05) is 44.2 Å². The molecular formula is C20H25FIN5O2. The summed E-state index contributed by atoms with van der Waals surface area (Å²) in [4.78, 5) is 20.5. The first kappa shape index (κ1) is 22.7. The maximum absolute atomic E-state index is 13.0. The van der Waals surface area contributed by atoms with Gasteiger partial charge in [0.1, 0.15) is 11.6 Å². The van der Waals surface area contributed by atoms with Gasteiger partial charge in [0.15, 0.2) is 5.96 Å². The molecule has 0 aromatic heterocycles. The highest BCUT2D eigenvalue weighted by Crippen LogP contribution is 2.16. The Labute approximate surface area is 186 Å². The molecule has 0 radical (unpaired) electrons. The quantitative estimate of drug-likeness (QED) is 0.246. The van der Waals surface area contributed by atoms with E-state index < -0.39 is 0 Å². The predicted octanol–water partition coefficient (Wildman–Crippen LogP) is 2.02. The Bertz CT molecular complexity index is 822. The lowest BCUT2D eigenvalue weighted by atomic mass is 10.2. The van der Waals surface area contributed by atoms with Crippen LogP contribution in [0.2, 0.25) is 0 Å². The number of amides is 1. The largest absolute Gasteiger partial charge is 0.508 e. The van der Waals surface area contributed by atoms with Gasteiger partial charge in [0.2, 0.25) is 0 Å². The van der Waals surface area contributed by atoms with Crippen LogP contribution in [0.15, 0.2) is 53.5 Å². The Morgan fingerprint density at radius 1 is 1.07 bits per heavy atom. The first-order valence-corrected chi connectivity index (χ1v) is 9.15. The van der Waals surface area contributed by atoms with E-state index in [1.165, 1.54) is 24.3 Å². The van der Waals surface area contributed by atoms with Gasteiger partial charge in [-0.25, -0.2) is 4.39 Å². The number of aromatic hydroxyl groups is 1. The third-order valence-corrected chi connectivity index (χ3v) is 4.60. The molecule has 7 nitrogen and oxygen atoms in total. The molecular weight excluding hydrogens is 488 g/mol. The van der Waals surface area contributed by atoms with Crippen LogP contribution >= 0.6 is 24.0 Å². The molecule has 2 aromatic carbocycles. The molecule has 0 bridgehead atoms. The van der Waals surface area contributed by atoms with Crippen LogP contribution in [-0.4, -0.2) is 61.1 Å². The Morgan fingerprint density at radius 2 is 1.69 bits per heavy atom. The highest BCUT2D eigenvalue weighted by molar-refractivity contribution is 14.0. The second kappa shape index (κ2) is 10.8. The van der Waals surface area contributed by atoms with E-state index in [0.717, 1.165) is 31.9 Å². The van der Waals surface area contributed by atoms with Crippen LogP contribution in [-0.2, 0) is 0 Å². The van der Waals surface area contributed by atoms with Crippen molar-refractivity contribution in [3.8, 4) is 5.75 Å². The number of benzene rings is 2. The van der Waals surface area contributed by atoms with Crippen molar-refractivity contribution >= 4 is 41.5 Å². The number of nitrogens with two attached hydrogens (primary N) is 1. The minimum absolute atomic E-state index is 0. The molecule has 1 aliphatic heterocycles. The second-order valence-electron chi connectivity index (χ2n) is 6.49. The van der Waals surface area contributed by atoms with Gasteiger partial charge in [-0.05, 0) is 48.5 Å². The Balaban J connectivity index is 0.00000300. The summed E-state index contributed by atoms with van der Waals surface area (Å²) in [6, 6.07) is 12.5. The van der Waals surface area contributed by atoms with Gasteiger partial charge in [0.25, 0.3) is 5.91 Å². The molecule has 0 aliphatic carbocycles. The molecule has 1 saturated heterocycles. The van der Waals surface area contributed by atoms with Crippen LogP contribution in [0.25, 0.3) is 0 Å². The molecule has 0 spiro atoms. The van der Waals surface area contributed by atoms with Crippen LogP contribution in [0, 0.1) is 5.82 Å². The zero-order valence-electron chi connectivity index (χ0n) is 15.9. The Kier molecular flexibility index (Phi) is 8.50. The normalized spacial score (nSPS) is 14.3. The fourth-order valence-corrected chi connectivity index (χ4v) is 3.00. The van der Waals surface area contributed by atoms with Crippen molar-refractivity contribution in [1.29, 1.82) is 0 Å². The Hall–Kier alpha value is -2.56. The second-order valence-corrected chi connectivity index (χ2v) is 6.49. The monoisotopic (exact) mass is 513 g/mol. The molecule has 2 aromatic rings. The third-order valence-electron chi connectivity index (χ3n) is 4.60. The fourth-order valence-electron chi connectivity index (χ4n) is 3.00. The smallest absolute Gasteiger partial charge is 0.251 e. The third kappa shape index (κ3) is 6.48. The van der Waals surface area contributed by atoms with Crippen LogP contribution < -0.4 is 16.0 Å². The highest BCUT2D eigenvalue weighted by atomic mass is 127. The molecule has 3 rings (SSSR count). The highest BCUT2D eigenvalue weighted by Gasteiger charge is 2.18. The lowest BCUT2D eigenvalue weighted by Gasteiger charge is -2.36. The summed E-state index contributed by atoms with van der Waals surface area (Å²) in [6.07, 6.45) is 0. The number of carbonyl (C=O) groups excluding carboxylic acids is 1. The number of rotatable bonds is 5. The van der Waals surface area contributed by atoms with Crippen molar-refractivity contribution in [1.82, 2.24) is 10.2 Å². The minimum atomic E-state index is -0.240. The van der Waals surface area contributed by atoms with Crippen LogP contribution in [0.5, 0.6) is 5.75 Å². The molecule has 0 saturated carbocycles. The van der Waals surface area contributed by atoms with Crippen molar-refractivity contribution < 1.29 is 14.3 Å². The van der Waals surface area contributed by atoms with Crippen molar-refractivity contribution in [2.45, 2.75) is 0 Å². The number of guanidine groups is 1. The number of phenols is 1. The van der Waals surface area contributed by atoms with E-state index in [4.69, 9.17) is 5.73 Å². The van der Waals surface area contributed by atoms with Crippen LogP contribution in [0.4, 0.5) is 10.1 Å². The topological polar surface area (TPSA) is 94.2 Å². The molecule has 0 atom stereocenters. The van der Waals surface area contributed by atoms with E-state index in [9.17, 15) is 14.3 Å². The van der Waals surface area contributed by atoms with E-state index in [2.05, 4.69) is 15.2 Å². The summed E-state index contributed by atoms with van der Waals surface area (Å²) in [5, 5.41) is 12.0. The van der Waals surface area contributed by atoms with Gasteiger partial charge in [-0.1, -0.05) is 0 Å². The summed E-state index contributed by atoms with van der Waals surface area (Å²) in [6.45, 7) is 3.77. The summed E-state index contributed by atoms with van der Waals surface area (Å²) in [5.41, 5.74) is 7.54. The number of hydrogen-bond donors (Lipinski definition) is 3. The molecule has 4 N–H and O–H groups in total. The van der Waals surface area contributed by atoms with E-state index in [-0.39, 0.29) is 41.5 Å². The number of halogens is 2. The molecule has 1 fully saturated rings. The van der Waals surface area contributed by atoms with E-state index in [0.29, 0.717) is 24.6 Å². The molecule has 0 unspecified atom stereocenters. The molecule has 1 amide bonds. The number of anilines is 1. The average molecular weight is 513 g/mol. The Morgan fingerprint density at radius 3 is 2.31 bits per heavy atom. The van der Waals surface area contributed by atoms with Gasteiger partial charge in [-0.2, -0.15) is 0 Å². The molecule has 29 heavy (non-hydrogen) atoms. The molecule has 9 heteroatoms. The van der Waals surface area contributed by atoms with E-state index >= 15 is 0 Å². The van der Waals surface area contributed by atoms with Crippen molar-refractivity contribution in [3.63, 3.8) is 0 Å². The standard InChI is InChI=1S/C20H24FN5O2.HI/c21-16-3-5-17(6-4-16)25-11-13-26(14-12-25)20(22)24-10-9-23-19(28)15-1-7-18(27)8-2-15;/h1-8,27H,9-14H2,(H2,22,24)(H,23,28);1H. The van der Waals surface area contributed by atoms with Gasteiger partial charge in [-0.15, -0.1) is 24.0 Å². The van der Waals surface area contributed by atoms with Crippen LogP contribution in [0.3, 0.4) is 0 Å². The number of phenolic OH excluding ortho intramolecular Hbond substituents is 1. The number of piperazine rings is 1. The lowest BCUT2D eigenvalue weighted by Crippen LogP contribution is -2.51. The molecule has 1 aliphatic rings. The van der Waals surface area contributed by atoms with Gasteiger partial charge < -0.3 is 26.0 Å². The number of nitrogens with zero attached hydrogens (tertiary/aromatic N) is 3. The number of carbonyl (C=O) groups is 1. The summed E-state index contributed by atoms with van der Waals surface area (Å²) in [7, 11) is 0. The zero-order chi connectivity index (χ0) is 19.9. The maximum atomic E-state index is 13.0. The van der Waals surface area contributed by atoms with Gasteiger partial charge in [0, 0.05) is 44.0 Å². The van der Waals surface area contributed by atoms with E-state index in [1.807, 2.05) is 4.90 Å². The number of aliphatic imine (C=N–C) groups is 1. The maximum Gasteiger partial charge on any atom is 0.251 e. The van der Waals surface area contributed by atoms with Gasteiger partial charge >= 0.3 is 0 Å². The molecule has 156 valence electrons. The SMILES string of the molecule is I.NC(=NCCNC(=O)c1ccc(O)cc1)N1CCN(c2ccc(F)cc2)CC1. The number of nitrogens with one attached hydrogen (secondary N) is 1. The van der Waals surface area contributed by atoms with Crippen LogP contribution in [0.1, 0.15) is 10.4 Å². The summed E-state index contributed by atoms with van der Waals surface area (Å²) >= 11 is 0. The fraction of sp³-hybridized carbons (Fsp3) is 0.300. The van der Waals surface area contributed by atoms with Gasteiger partial charge in [-0.3, -0.25) is 9.79 Å². The van der Waals surface area contributed by atoms with E-state index in [1.54, 1.807) is 24.3 Å².